The van der Waals surface area contributed by atoms with Crippen LogP contribution in [0.25, 0.3) is 11.0 Å². The van der Waals surface area contributed by atoms with E-state index in [0.29, 0.717) is 0 Å². The minimum Gasteiger partial charge on any atom is -0.338 e. The highest BCUT2D eigenvalue weighted by atomic mass is 35.5. The fourth-order valence-electron chi connectivity index (χ4n) is 2.29. The highest BCUT2D eigenvalue weighted by Crippen LogP contribution is 2.30. The summed E-state index contributed by atoms with van der Waals surface area (Å²) in [5.74, 6) is 0.762. The zero-order valence-electron chi connectivity index (χ0n) is 12.0. The molecule has 0 aliphatic carbocycles. The van der Waals surface area contributed by atoms with Gasteiger partial charge in [0.2, 0.25) is 0 Å². The van der Waals surface area contributed by atoms with Gasteiger partial charge in [-0.15, -0.1) is 11.6 Å². The van der Waals surface area contributed by atoms with Crippen molar-refractivity contribution in [2.45, 2.75) is 19.2 Å². The molecule has 21 heavy (non-hydrogen) atoms. The molecule has 0 spiro atoms. The van der Waals surface area contributed by atoms with Crippen molar-refractivity contribution in [3.8, 4) is 0 Å². The van der Waals surface area contributed by atoms with Crippen LogP contribution in [0, 0.1) is 6.92 Å². The van der Waals surface area contributed by atoms with E-state index >= 15 is 0 Å². The van der Waals surface area contributed by atoms with Crippen LogP contribution in [0.2, 0.25) is 0 Å². The van der Waals surface area contributed by atoms with Gasteiger partial charge in [-0.3, -0.25) is 0 Å². The molecule has 0 bridgehead atoms. The van der Waals surface area contributed by atoms with Gasteiger partial charge in [-0.05, 0) is 37.6 Å². The van der Waals surface area contributed by atoms with Crippen LogP contribution in [0.15, 0.2) is 48.5 Å². The Bertz CT molecular complexity index is 784. The van der Waals surface area contributed by atoms with E-state index in [9.17, 15) is 0 Å². The first-order chi connectivity index (χ1) is 10.1. The third-order valence-corrected chi connectivity index (χ3v) is 3.62. The average Bonchev–Trinajstić information content (AvgIpc) is 2.48. The molecule has 0 radical (unpaired) electrons. The second kappa shape index (κ2) is 5.70. The quantitative estimate of drug-likeness (QED) is 0.693. The molecule has 1 aromatic heterocycles. The molecule has 3 aromatic rings. The molecule has 0 saturated heterocycles. The number of benzene rings is 2. The minimum absolute atomic E-state index is 0.0672. The van der Waals surface area contributed by atoms with Crippen molar-refractivity contribution >= 4 is 34.1 Å². The Morgan fingerprint density at radius 1 is 0.952 bits per heavy atom. The van der Waals surface area contributed by atoms with Crippen LogP contribution in [0.5, 0.6) is 0 Å². The van der Waals surface area contributed by atoms with Gasteiger partial charge in [0.25, 0.3) is 0 Å². The van der Waals surface area contributed by atoms with Crippen molar-refractivity contribution in [2.24, 2.45) is 0 Å². The first-order valence-corrected chi connectivity index (χ1v) is 7.32. The Hall–Kier alpha value is -2.13. The third kappa shape index (κ3) is 2.83. The summed E-state index contributed by atoms with van der Waals surface area (Å²) in [5, 5.41) is 3.29. The van der Waals surface area contributed by atoms with E-state index in [1.165, 1.54) is 0 Å². The number of nitrogens with one attached hydrogen (secondary N) is 1. The summed E-state index contributed by atoms with van der Waals surface area (Å²) in [5.41, 5.74) is 4.66. The standard InChI is InChI=1S/C17H16ClN3/c1-11(18)13-7-3-4-8-14(13)20-17-12(2)19-15-9-5-6-10-16(15)21-17/h3-11H,1-2H3,(H,20,21). The number of para-hydroxylation sites is 3. The maximum Gasteiger partial charge on any atom is 0.152 e. The van der Waals surface area contributed by atoms with E-state index in [-0.39, 0.29) is 5.38 Å². The number of alkyl halides is 1. The van der Waals surface area contributed by atoms with Gasteiger partial charge in [0.05, 0.1) is 22.1 Å². The molecule has 0 fully saturated rings. The number of aryl methyl sites for hydroxylation is 1. The molecule has 3 rings (SSSR count). The lowest BCUT2D eigenvalue weighted by Crippen LogP contribution is -2.02. The Kier molecular flexibility index (Phi) is 3.76. The van der Waals surface area contributed by atoms with Gasteiger partial charge in [0.1, 0.15) is 0 Å². The van der Waals surface area contributed by atoms with Gasteiger partial charge in [-0.25, -0.2) is 9.97 Å². The molecular formula is C17H16ClN3. The monoisotopic (exact) mass is 297 g/mol. The van der Waals surface area contributed by atoms with Crippen LogP contribution >= 0.6 is 11.6 Å². The smallest absolute Gasteiger partial charge is 0.152 e. The van der Waals surface area contributed by atoms with Gasteiger partial charge >= 0.3 is 0 Å². The normalized spacial score (nSPS) is 12.3. The number of halogens is 1. The number of hydrogen-bond acceptors (Lipinski definition) is 3. The predicted octanol–water partition coefficient (Wildman–Crippen LogP) is 4.98. The summed E-state index contributed by atoms with van der Waals surface area (Å²) in [6, 6.07) is 15.8. The topological polar surface area (TPSA) is 37.8 Å². The Balaban J connectivity index is 2.04. The van der Waals surface area contributed by atoms with Crippen molar-refractivity contribution in [3.05, 3.63) is 59.8 Å². The highest BCUT2D eigenvalue weighted by molar-refractivity contribution is 6.21. The zero-order chi connectivity index (χ0) is 14.8. The van der Waals surface area contributed by atoms with Crippen LogP contribution in [0.1, 0.15) is 23.6 Å². The van der Waals surface area contributed by atoms with E-state index in [0.717, 1.165) is 33.8 Å². The number of hydrogen-bond donors (Lipinski definition) is 1. The summed E-state index contributed by atoms with van der Waals surface area (Å²) >= 11 is 6.23. The molecular weight excluding hydrogens is 282 g/mol. The summed E-state index contributed by atoms with van der Waals surface area (Å²) < 4.78 is 0. The lowest BCUT2D eigenvalue weighted by molar-refractivity contribution is 1.08. The second-order valence-electron chi connectivity index (χ2n) is 4.97. The number of nitrogens with zero attached hydrogens (tertiary/aromatic N) is 2. The minimum atomic E-state index is -0.0672. The van der Waals surface area contributed by atoms with Gasteiger partial charge in [0.15, 0.2) is 5.82 Å². The highest BCUT2D eigenvalue weighted by Gasteiger charge is 2.10. The van der Waals surface area contributed by atoms with Crippen molar-refractivity contribution in [1.29, 1.82) is 0 Å². The molecule has 0 saturated carbocycles. The van der Waals surface area contributed by atoms with Crippen molar-refractivity contribution < 1.29 is 0 Å². The SMILES string of the molecule is Cc1nc2ccccc2nc1Nc1ccccc1C(C)Cl. The molecule has 1 atom stereocenters. The van der Waals surface area contributed by atoms with Crippen molar-refractivity contribution in [3.63, 3.8) is 0 Å². The van der Waals surface area contributed by atoms with Crippen LogP contribution in [0.3, 0.4) is 0 Å². The van der Waals surface area contributed by atoms with E-state index in [1.807, 2.05) is 62.4 Å². The first-order valence-electron chi connectivity index (χ1n) is 6.88. The molecule has 1 unspecified atom stereocenters. The van der Waals surface area contributed by atoms with Gasteiger partial charge < -0.3 is 5.32 Å². The number of aromatic nitrogens is 2. The van der Waals surface area contributed by atoms with E-state index in [4.69, 9.17) is 11.6 Å². The molecule has 0 aliphatic heterocycles. The Morgan fingerprint density at radius 3 is 2.29 bits per heavy atom. The Labute approximate surface area is 129 Å². The predicted molar refractivity (Wildman–Crippen MR) is 88.3 cm³/mol. The maximum atomic E-state index is 6.23. The molecule has 0 amide bonds. The molecule has 1 N–H and O–H groups in total. The first kappa shape index (κ1) is 13.8. The summed E-state index contributed by atoms with van der Waals surface area (Å²) in [4.78, 5) is 9.24. The van der Waals surface area contributed by atoms with Gasteiger partial charge in [-0.1, -0.05) is 30.3 Å². The van der Waals surface area contributed by atoms with Gasteiger partial charge in [-0.2, -0.15) is 0 Å². The van der Waals surface area contributed by atoms with Crippen LogP contribution in [-0.4, -0.2) is 9.97 Å². The summed E-state index contributed by atoms with van der Waals surface area (Å²) in [6.07, 6.45) is 0. The fraction of sp³-hybridized carbons (Fsp3) is 0.176. The molecule has 3 nitrogen and oxygen atoms in total. The van der Waals surface area contributed by atoms with E-state index in [2.05, 4.69) is 15.3 Å². The van der Waals surface area contributed by atoms with Crippen LogP contribution < -0.4 is 5.32 Å². The van der Waals surface area contributed by atoms with Crippen molar-refractivity contribution in [1.82, 2.24) is 9.97 Å². The average molecular weight is 298 g/mol. The zero-order valence-corrected chi connectivity index (χ0v) is 12.7. The third-order valence-electron chi connectivity index (χ3n) is 3.39. The molecule has 0 aliphatic rings. The van der Waals surface area contributed by atoms with Crippen LogP contribution in [0.4, 0.5) is 11.5 Å². The van der Waals surface area contributed by atoms with Gasteiger partial charge in [0, 0.05) is 5.69 Å². The summed E-state index contributed by atoms with van der Waals surface area (Å²) in [6.45, 7) is 3.91. The molecule has 4 heteroatoms. The van der Waals surface area contributed by atoms with E-state index in [1.54, 1.807) is 0 Å². The van der Waals surface area contributed by atoms with Crippen molar-refractivity contribution in [2.75, 3.05) is 5.32 Å². The lowest BCUT2D eigenvalue weighted by atomic mass is 10.1. The Morgan fingerprint density at radius 2 is 1.57 bits per heavy atom. The number of rotatable bonds is 3. The second-order valence-corrected chi connectivity index (χ2v) is 5.63. The summed E-state index contributed by atoms with van der Waals surface area (Å²) in [7, 11) is 0. The molecule has 106 valence electrons. The number of anilines is 2. The maximum absolute atomic E-state index is 6.23. The van der Waals surface area contributed by atoms with Crippen LogP contribution in [-0.2, 0) is 0 Å². The molecule has 1 heterocycles. The van der Waals surface area contributed by atoms with E-state index < -0.39 is 0 Å². The lowest BCUT2D eigenvalue weighted by Gasteiger charge is -2.14. The molecule has 2 aromatic carbocycles. The fourth-order valence-corrected chi connectivity index (χ4v) is 2.48. The largest absolute Gasteiger partial charge is 0.338 e. The number of fused-ring (bicyclic) bond motifs is 1.